The largest absolute Gasteiger partial charge is 0.312 e. The molecule has 8 heteroatoms. The summed E-state index contributed by atoms with van der Waals surface area (Å²) in [4.78, 5) is 1.04. The zero-order chi connectivity index (χ0) is 14.9. The molecule has 0 amide bonds. The van der Waals surface area contributed by atoms with E-state index in [9.17, 15) is 13.7 Å². The van der Waals surface area contributed by atoms with Crippen LogP contribution in [0, 0.1) is 11.3 Å². The fourth-order valence-electron chi connectivity index (χ4n) is 1.99. The van der Waals surface area contributed by atoms with Gasteiger partial charge < -0.3 is 5.32 Å². The number of hydrogen-bond donors (Lipinski definition) is 2. The summed E-state index contributed by atoms with van der Waals surface area (Å²) in [5.74, 6) is 0. The molecule has 0 unspecified atom stereocenters. The highest BCUT2D eigenvalue weighted by Gasteiger charge is 2.26. The SMILES string of the molecule is CC(C)N(C)S(=O)(=O)Nc1sc2c(c1C#N)CCNC2. The maximum Gasteiger partial charge on any atom is 0.302 e. The topological polar surface area (TPSA) is 85.2 Å². The molecule has 0 saturated heterocycles. The molecule has 0 bridgehead atoms. The second-order valence-corrected chi connectivity index (χ2v) is 7.80. The number of rotatable bonds is 4. The highest BCUT2D eigenvalue weighted by molar-refractivity contribution is 7.90. The van der Waals surface area contributed by atoms with Gasteiger partial charge >= 0.3 is 10.2 Å². The van der Waals surface area contributed by atoms with E-state index in [1.54, 1.807) is 13.8 Å². The molecule has 0 aromatic carbocycles. The Morgan fingerprint density at radius 1 is 1.50 bits per heavy atom. The van der Waals surface area contributed by atoms with Gasteiger partial charge in [0.25, 0.3) is 0 Å². The van der Waals surface area contributed by atoms with E-state index in [4.69, 9.17) is 0 Å². The number of anilines is 1. The van der Waals surface area contributed by atoms with Crippen molar-refractivity contribution in [3.05, 3.63) is 16.0 Å². The maximum absolute atomic E-state index is 12.2. The van der Waals surface area contributed by atoms with Crippen LogP contribution < -0.4 is 10.0 Å². The predicted octanol–water partition coefficient (Wildman–Crippen LogP) is 1.26. The molecule has 110 valence electrons. The average Bonchev–Trinajstić information content (AvgIpc) is 2.73. The second-order valence-electron chi connectivity index (χ2n) is 4.96. The van der Waals surface area contributed by atoms with Crippen LogP contribution in [-0.2, 0) is 23.2 Å². The molecular formula is C12H18N4O2S2. The fraction of sp³-hybridized carbons (Fsp3) is 0.583. The Balaban J connectivity index is 2.35. The number of nitriles is 1. The van der Waals surface area contributed by atoms with E-state index in [2.05, 4.69) is 16.1 Å². The molecule has 6 nitrogen and oxygen atoms in total. The van der Waals surface area contributed by atoms with Gasteiger partial charge in [-0.25, -0.2) is 0 Å². The van der Waals surface area contributed by atoms with E-state index in [0.29, 0.717) is 17.1 Å². The Kier molecular flexibility index (Phi) is 4.34. The summed E-state index contributed by atoms with van der Waals surface area (Å²) in [7, 11) is -2.10. The molecule has 0 atom stereocenters. The molecule has 0 aliphatic carbocycles. The van der Waals surface area contributed by atoms with Gasteiger partial charge in [-0.2, -0.15) is 18.0 Å². The molecule has 1 aromatic heterocycles. The molecule has 2 rings (SSSR count). The highest BCUT2D eigenvalue weighted by Crippen LogP contribution is 2.35. The third kappa shape index (κ3) is 2.81. The van der Waals surface area contributed by atoms with Crippen molar-refractivity contribution in [3.8, 4) is 6.07 Å². The van der Waals surface area contributed by atoms with E-state index in [0.717, 1.165) is 23.4 Å². The van der Waals surface area contributed by atoms with Crippen molar-refractivity contribution >= 4 is 26.5 Å². The van der Waals surface area contributed by atoms with Crippen molar-refractivity contribution in [2.24, 2.45) is 0 Å². The second kappa shape index (κ2) is 5.69. The van der Waals surface area contributed by atoms with E-state index >= 15 is 0 Å². The summed E-state index contributed by atoms with van der Waals surface area (Å²) in [6, 6.07) is 1.99. The molecule has 1 aromatic rings. The molecule has 0 radical (unpaired) electrons. The van der Waals surface area contributed by atoms with E-state index < -0.39 is 10.2 Å². The lowest BCUT2D eigenvalue weighted by molar-refractivity contribution is 0.414. The first-order valence-electron chi connectivity index (χ1n) is 6.38. The van der Waals surface area contributed by atoms with Crippen LogP contribution in [0.5, 0.6) is 0 Å². The van der Waals surface area contributed by atoms with Crippen LogP contribution in [0.15, 0.2) is 0 Å². The number of thiophene rings is 1. The summed E-state index contributed by atoms with van der Waals surface area (Å²) in [5, 5.41) is 12.9. The first kappa shape index (κ1) is 15.3. The number of nitrogens with one attached hydrogen (secondary N) is 2. The monoisotopic (exact) mass is 314 g/mol. The summed E-state index contributed by atoms with van der Waals surface area (Å²) in [5.41, 5.74) is 1.44. The van der Waals surface area contributed by atoms with Crippen molar-refractivity contribution < 1.29 is 8.42 Å². The van der Waals surface area contributed by atoms with Crippen molar-refractivity contribution in [3.63, 3.8) is 0 Å². The third-order valence-corrected chi connectivity index (χ3v) is 6.29. The number of hydrogen-bond acceptors (Lipinski definition) is 5. The Morgan fingerprint density at radius 3 is 2.80 bits per heavy atom. The van der Waals surface area contributed by atoms with Crippen LogP contribution in [0.25, 0.3) is 0 Å². The first-order chi connectivity index (χ1) is 9.36. The lowest BCUT2D eigenvalue weighted by Crippen LogP contribution is -2.37. The summed E-state index contributed by atoms with van der Waals surface area (Å²) in [6.45, 7) is 5.11. The van der Waals surface area contributed by atoms with Crippen molar-refractivity contribution in [2.75, 3.05) is 18.3 Å². The van der Waals surface area contributed by atoms with Crippen LogP contribution in [0.2, 0.25) is 0 Å². The zero-order valence-electron chi connectivity index (χ0n) is 11.7. The summed E-state index contributed by atoms with van der Waals surface area (Å²) in [6.07, 6.45) is 0.760. The Labute approximate surface area is 123 Å². The van der Waals surface area contributed by atoms with Crippen LogP contribution in [0.4, 0.5) is 5.00 Å². The van der Waals surface area contributed by atoms with Crippen molar-refractivity contribution in [1.29, 1.82) is 5.26 Å². The van der Waals surface area contributed by atoms with Crippen LogP contribution >= 0.6 is 11.3 Å². The molecule has 0 saturated carbocycles. The Morgan fingerprint density at radius 2 is 2.20 bits per heavy atom. The van der Waals surface area contributed by atoms with Gasteiger partial charge in [-0.3, -0.25) is 4.72 Å². The quantitative estimate of drug-likeness (QED) is 0.876. The molecule has 2 N–H and O–H groups in total. The minimum absolute atomic E-state index is 0.144. The van der Waals surface area contributed by atoms with Gasteiger partial charge in [0.05, 0.1) is 5.56 Å². The maximum atomic E-state index is 12.2. The number of nitrogens with zero attached hydrogens (tertiary/aromatic N) is 2. The fourth-order valence-corrected chi connectivity index (χ4v) is 4.53. The molecule has 0 spiro atoms. The molecular weight excluding hydrogens is 296 g/mol. The zero-order valence-corrected chi connectivity index (χ0v) is 13.4. The normalized spacial score (nSPS) is 15.2. The highest BCUT2D eigenvalue weighted by atomic mass is 32.2. The standard InChI is InChI=1S/C12H18N4O2S2/c1-8(2)16(3)20(17,18)15-12-10(6-13)9-4-5-14-7-11(9)19-12/h8,14-15H,4-5,7H2,1-3H3. The van der Waals surface area contributed by atoms with Gasteiger partial charge in [-0.1, -0.05) is 0 Å². The third-order valence-electron chi connectivity index (χ3n) is 3.37. The lowest BCUT2D eigenvalue weighted by atomic mass is 10.1. The van der Waals surface area contributed by atoms with E-state index in [1.807, 2.05) is 0 Å². The molecule has 2 heterocycles. The lowest BCUT2D eigenvalue weighted by Gasteiger charge is -2.21. The molecule has 1 aliphatic heterocycles. The summed E-state index contributed by atoms with van der Waals surface area (Å²) < 4.78 is 28.2. The van der Waals surface area contributed by atoms with Gasteiger partial charge in [0.15, 0.2) is 0 Å². The van der Waals surface area contributed by atoms with Gasteiger partial charge in [-0.05, 0) is 32.4 Å². The first-order valence-corrected chi connectivity index (χ1v) is 8.63. The van der Waals surface area contributed by atoms with Crippen molar-refractivity contribution in [2.45, 2.75) is 32.9 Å². The van der Waals surface area contributed by atoms with Crippen LogP contribution in [0.1, 0.15) is 29.9 Å². The Hall–Kier alpha value is -1.14. The van der Waals surface area contributed by atoms with Crippen LogP contribution in [-0.4, -0.2) is 32.4 Å². The van der Waals surface area contributed by atoms with Crippen LogP contribution in [0.3, 0.4) is 0 Å². The smallest absolute Gasteiger partial charge is 0.302 e. The Bertz CT molecular complexity index is 643. The summed E-state index contributed by atoms with van der Waals surface area (Å²) >= 11 is 1.34. The molecule has 0 fully saturated rings. The molecule has 20 heavy (non-hydrogen) atoms. The van der Waals surface area contributed by atoms with E-state index in [1.165, 1.54) is 22.7 Å². The van der Waals surface area contributed by atoms with Crippen molar-refractivity contribution in [1.82, 2.24) is 9.62 Å². The predicted molar refractivity (Wildman–Crippen MR) is 79.9 cm³/mol. The van der Waals surface area contributed by atoms with E-state index in [-0.39, 0.29) is 6.04 Å². The minimum atomic E-state index is -3.62. The average molecular weight is 314 g/mol. The van der Waals surface area contributed by atoms with Gasteiger partial charge in [-0.15, -0.1) is 11.3 Å². The van der Waals surface area contributed by atoms with Gasteiger partial charge in [0.2, 0.25) is 0 Å². The molecule has 1 aliphatic rings. The van der Waals surface area contributed by atoms with Gasteiger partial charge in [0, 0.05) is 24.5 Å². The van der Waals surface area contributed by atoms with Gasteiger partial charge in [0.1, 0.15) is 11.1 Å². The number of fused-ring (bicyclic) bond motifs is 1. The minimum Gasteiger partial charge on any atom is -0.312 e.